The molecule has 0 bridgehead atoms. The van der Waals surface area contributed by atoms with Crippen LogP contribution in [0.2, 0.25) is 0 Å². The van der Waals surface area contributed by atoms with Gasteiger partial charge < -0.3 is 9.64 Å². The topological polar surface area (TPSA) is 12.5 Å². The number of nitrogens with zero attached hydrogens (tertiary/aromatic N) is 1. The maximum atomic E-state index is 5.24. The smallest absolute Gasteiger partial charge is 0.0513 e. The van der Waals surface area contributed by atoms with E-state index in [0.717, 1.165) is 18.6 Å². The van der Waals surface area contributed by atoms with Gasteiger partial charge in [-0.05, 0) is 38.0 Å². The third kappa shape index (κ3) is 4.12. The quantitative estimate of drug-likeness (QED) is 0.672. The van der Waals surface area contributed by atoms with Crippen molar-refractivity contribution in [1.82, 2.24) is 4.90 Å². The normalized spacial score (nSPS) is 19.6. The molecule has 1 aliphatic heterocycles. The van der Waals surface area contributed by atoms with Gasteiger partial charge in [0, 0.05) is 26.2 Å². The Balaban J connectivity index is 2.12. The van der Waals surface area contributed by atoms with Gasteiger partial charge in [0.1, 0.15) is 0 Å². The zero-order valence-electron chi connectivity index (χ0n) is 11.0. The first-order valence-electron chi connectivity index (χ1n) is 6.17. The van der Waals surface area contributed by atoms with Crippen molar-refractivity contribution < 1.29 is 4.74 Å². The van der Waals surface area contributed by atoms with E-state index in [0.29, 0.717) is 5.41 Å². The molecule has 90 valence electrons. The predicted molar refractivity (Wildman–Crippen MR) is 65.1 cm³/mol. The number of rotatable bonds is 6. The fourth-order valence-electron chi connectivity index (χ4n) is 2.27. The van der Waals surface area contributed by atoms with E-state index in [2.05, 4.69) is 32.6 Å². The van der Waals surface area contributed by atoms with Gasteiger partial charge in [-0.15, -0.1) is 0 Å². The molecule has 2 nitrogen and oxygen atoms in total. The lowest BCUT2D eigenvalue weighted by Gasteiger charge is -2.43. The summed E-state index contributed by atoms with van der Waals surface area (Å²) >= 11 is 0. The first-order valence-corrected chi connectivity index (χ1v) is 6.17. The number of hydrogen-bond acceptors (Lipinski definition) is 2. The van der Waals surface area contributed by atoms with Gasteiger partial charge in [0.15, 0.2) is 0 Å². The maximum absolute atomic E-state index is 5.24. The summed E-state index contributed by atoms with van der Waals surface area (Å²) < 4.78 is 5.24. The molecule has 0 saturated carbocycles. The van der Waals surface area contributed by atoms with Gasteiger partial charge in [-0.2, -0.15) is 0 Å². The van der Waals surface area contributed by atoms with Crippen LogP contribution in [-0.2, 0) is 4.74 Å². The van der Waals surface area contributed by atoms with Crippen molar-refractivity contribution in [2.75, 3.05) is 26.8 Å². The van der Waals surface area contributed by atoms with E-state index in [1.807, 2.05) is 0 Å². The lowest BCUT2D eigenvalue weighted by Crippen LogP contribution is -2.50. The molecule has 2 heteroatoms. The molecule has 1 saturated heterocycles. The fraction of sp³-hybridized carbons (Fsp3) is 1.00. The van der Waals surface area contributed by atoms with Crippen LogP contribution in [0.15, 0.2) is 0 Å². The van der Waals surface area contributed by atoms with Crippen LogP contribution in [0.25, 0.3) is 0 Å². The van der Waals surface area contributed by atoms with Crippen molar-refractivity contribution >= 4 is 0 Å². The summed E-state index contributed by atoms with van der Waals surface area (Å²) in [6.07, 6.45) is 2.65. The van der Waals surface area contributed by atoms with Crippen molar-refractivity contribution in [3.05, 3.63) is 0 Å². The van der Waals surface area contributed by atoms with Gasteiger partial charge in [0.25, 0.3) is 0 Å². The van der Waals surface area contributed by atoms with Gasteiger partial charge in [-0.1, -0.05) is 13.8 Å². The van der Waals surface area contributed by atoms with Crippen LogP contribution in [-0.4, -0.2) is 37.7 Å². The van der Waals surface area contributed by atoms with Gasteiger partial charge in [0.05, 0.1) is 6.61 Å². The van der Waals surface area contributed by atoms with Crippen molar-refractivity contribution in [3.63, 3.8) is 0 Å². The average molecular weight is 213 g/mol. The molecular weight excluding hydrogens is 186 g/mol. The summed E-state index contributed by atoms with van der Waals surface area (Å²) in [7, 11) is 1.80. The molecule has 0 aromatic heterocycles. The molecule has 0 atom stereocenters. The Morgan fingerprint density at radius 2 is 1.93 bits per heavy atom. The first-order chi connectivity index (χ1) is 6.94. The number of hydrogen-bond donors (Lipinski definition) is 0. The molecule has 0 aliphatic carbocycles. The molecule has 0 N–H and O–H groups in total. The molecule has 0 spiro atoms. The highest BCUT2D eigenvalue weighted by atomic mass is 16.5. The Hall–Kier alpha value is -0.0800. The average Bonchev–Trinajstić information content (AvgIpc) is 1.99. The molecular formula is C13H27NO. The van der Waals surface area contributed by atoms with E-state index in [1.54, 1.807) is 7.11 Å². The van der Waals surface area contributed by atoms with E-state index in [-0.39, 0.29) is 0 Å². The second kappa shape index (κ2) is 5.31. The molecule has 1 fully saturated rings. The standard InChI is InChI=1S/C13H27NO/c1-11(2)14-8-12(9-14)6-7-13(3,4)10-15-5/h11-12H,6-10H2,1-5H3. The van der Waals surface area contributed by atoms with Crippen molar-refractivity contribution in [2.45, 2.75) is 46.6 Å². The third-order valence-electron chi connectivity index (χ3n) is 3.48. The van der Waals surface area contributed by atoms with Crippen LogP contribution >= 0.6 is 0 Å². The van der Waals surface area contributed by atoms with Crippen LogP contribution in [0.3, 0.4) is 0 Å². The van der Waals surface area contributed by atoms with Crippen LogP contribution in [0, 0.1) is 11.3 Å². The summed E-state index contributed by atoms with van der Waals surface area (Å²) in [6.45, 7) is 12.7. The molecule has 1 heterocycles. The SMILES string of the molecule is COCC(C)(C)CCC1CN(C(C)C)C1. The minimum Gasteiger partial charge on any atom is -0.384 e. The van der Waals surface area contributed by atoms with Crippen LogP contribution in [0.4, 0.5) is 0 Å². The maximum Gasteiger partial charge on any atom is 0.0513 e. The molecule has 0 amide bonds. The van der Waals surface area contributed by atoms with Crippen molar-refractivity contribution in [1.29, 1.82) is 0 Å². The lowest BCUT2D eigenvalue weighted by atomic mass is 9.83. The van der Waals surface area contributed by atoms with Crippen molar-refractivity contribution in [2.24, 2.45) is 11.3 Å². The fourth-order valence-corrected chi connectivity index (χ4v) is 2.27. The summed E-state index contributed by atoms with van der Waals surface area (Å²) in [5.41, 5.74) is 0.354. The third-order valence-corrected chi connectivity index (χ3v) is 3.48. The summed E-state index contributed by atoms with van der Waals surface area (Å²) in [4.78, 5) is 2.55. The zero-order valence-corrected chi connectivity index (χ0v) is 11.0. The van der Waals surface area contributed by atoms with Gasteiger partial charge in [-0.25, -0.2) is 0 Å². The van der Waals surface area contributed by atoms with E-state index in [4.69, 9.17) is 4.74 Å². The Morgan fingerprint density at radius 3 is 2.40 bits per heavy atom. The molecule has 15 heavy (non-hydrogen) atoms. The summed E-state index contributed by atoms with van der Waals surface area (Å²) in [6, 6.07) is 0.730. The Morgan fingerprint density at radius 1 is 1.33 bits per heavy atom. The number of likely N-dealkylation sites (tertiary alicyclic amines) is 1. The second-order valence-electron chi connectivity index (χ2n) is 6.05. The number of ether oxygens (including phenoxy) is 1. The van der Waals surface area contributed by atoms with Gasteiger partial charge in [-0.3, -0.25) is 0 Å². The highest BCUT2D eigenvalue weighted by molar-refractivity contribution is 4.83. The molecule has 0 unspecified atom stereocenters. The molecule has 0 aromatic carbocycles. The monoisotopic (exact) mass is 213 g/mol. The van der Waals surface area contributed by atoms with Crippen LogP contribution in [0.5, 0.6) is 0 Å². The Kier molecular flexibility index (Phi) is 4.60. The van der Waals surface area contributed by atoms with Crippen LogP contribution < -0.4 is 0 Å². The lowest BCUT2D eigenvalue weighted by molar-refractivity contribution is 0.0421. The largest absolute Gasteiger partial charge is 0.384 e. The molecule has 0 radical (unpaired) electrons. The first kappa shape index (κ1) is 13.0. The highest BCUT2D eigenvalue weighted by Crippen LogP contribution is 2.29. The molecule has 1 aliphatic rings. The minimum absolute atomic E-state index is 0.354. The number of methoxy groups -OCH3 is 1. The van der Waals surface area contributed by atoms with E-state index in [1.165, 1.54) is 25.9 Å². The minimum atomic E-state index is 0.354. The molecule has 0 aromatic rings. The summed E-state index contributed by atoms with van der Waals surface area (Å²) in [5.74, 6) is 0.934. The van der Waals surface area contributed by atoms with Crippen molar-refractivity contribution in [3.8, 4) is 0 Å². The molecule has 1 rings (SSSR count). The Labute approximate surface area is 95.0 Å². The van der Waals surface area contributed by atoms with Gasteiger partial charge in [0.2, 0.25) is 0 Å². The van der Waals surface area contributed by atoms with Gasteiger partial charge >= 0.3 is 0 Å². The van der Waals surface area contributed by atoms with E-state index in [9.17, 15) is 0 Å². The zero-order chi connectivity index (χ0) is 11.5. The second-order valence-corrected chi connectivity index (χ2v) is 6.05. The van der Waals surface area contributed by atoms with E-state index < -0.39 is 0 Å². The van der Waals surface area contributed by atoms with Crippen LogP contribution in [0.1, 0.15) is 40.5 Å². The highest BCUT2D eigenvalue weighted by Gasteiger charge is 2.29. The van der Waals surface area contributed by atoms with E-state index >= 15 is 0 Å². The summed E-state index contributed by atoms with van der Waals surface area (Å²) in [5, 5.41) is 0. The predicted octanol–water partition coefficient (Wildman–Crippen LogP) is 2.78. The Bertz CT molecular complexity index is 183.